The quantitative estimate of drug-likeness (QED) is 0.653. The Labute approximate surface area is 125 Å². The Bertz CT molecular complexity index is 399. The lowest BCUT2D eigenvalue weighted by Crippen LogP contribution is -2.25. The number of nitrogens with one attached hydrogen (secondary N) is 1. The van der Waals surface area contributed by atoms with E-state index < -0.39 is 0 Å². The van der Waals surface area contributed by atoms with Crippen LogP contribution in [0.2, 0.25) is 5.02 Å². The minimum atomic E-state index is 0.0101. The summed E-state index contributed by atoms with van der Waals surface area (Å²) in [5.74, 6) is 0.625. The summed E-state index contributed by atoms with van der Waals surface area (Å²) in [4.78, 5) is 11.6. The second-order valence-corrected chi connectivity index (χ2v) is 4.99. The van der Waals surface area contributed by atoms with Crippen LogP contribution in [-0.4, -0.2) is 25.6 Å². The summed E-state index contributed by atoms with van der Waals surface area (Å²) in [5.41, 5.74) is 5.41. The molecular formula is C15H23ClN2O2. The fraction of sp³-hybridized carbons (Fsp3) is 0.533. The van der Waals surface area contributed by atoms with Crippen LogP contribution in [0, 0.1) is 0 Å². The van der Waals surface area contributed by atoms with Gasteiger partial charge >= 0.3 is 0 Å². The zero-order valence-corrected chi connectivity index (χ0v) is 12.5. The number of carbonyl (C=O) groups is 1. The van der Waals surface area contributed by atoms with E-state index in [9.17, 15) is 4.79 Å². The van der Waals surface area contributed by atoms with Crippen LogP contribution in [0.1, 0.15) is 32.1 Å². The third-order valence-electron chi connectivity index (χ3n) is 2.88. The number of para-hydroxylation sites is 1. The Morgan fingerprint density at radius 2 is 1.95 bits per heavy atom. The van der Waals surface area contributed by atoms with Crippen LogP contribution in [-0.2, 0) is 4.79 Å². The Balaban J connectivity index is 2.04. The van der Waals surface area contributed by atoms with Crippen LogP contribution in [0.25, 0.3) is 0 Å². The Morgan fingerprint density at radius 3 is 2.70 bits per heavy atom. The molecule has 4 nitrogen and oxygen atoms in total. The highest BCUT2D eigenvalue weighted by Gasteiger charge is 2.03. The third-order valence-corrected chi connectivity index (χ3v) is 3.19. The SMILES string of the molecule is NCCCCCCNC(=O)CCOc1ccccc1Cl. The molecule has 20 heavy (non-hydrogen) atoms. The van der Waals surface area contributed by atoms with Crippen LogP contribution in [0.5, 0.6) is 5.75 Å². The second-order valence-electron chi connectivity index (χ2n) is 4.58. The van der Waals surface area contributed by atoms with E-state index in [0.717, 1.165) is 38.8 Å². The molecule has 1 aromatic rings. The maximum absolute atomic E-state index is 11.6. The summed E-state index contributed by atoms with van der Waals surface area (Å²) < 4.78 is 5.46. The van der Waals surface area contributed by atoms with E-state index in [-0.39, 0.29) is 5.91 Å². The summed E-state index contributed by atoms with van der Waals surface area (Å²) in [7, 11) is 0. The average Bonchev–Trinajstić information content (AvgIpc) is 2.45. The van der Waals surface area contributed by atoms with Gasteiger partial charge in [0.1, 0.15) is 5.75 Å². The molecular weight excluding hydrogens is 276 g/mol. The standard InChI is InChI=1S/C15H23ClN2O2/c16-13-7-3-4-8-14(13)20-12-9-15(19)18-11-6-2-1-5-10-17/h3-4,7-8H,1-2,5-6,9-12,17H2,(H,18,19). The molecule has 1 aromatic carbocycles. The molecule has 1 amide bonds. The van der Waals surface area contributed by atoms with Gasteiger partial charge < -0.3 is 15.8 Å². The summed E-state index contributed by atoms with van der Waals surface area (Å²) >= 11 is 5.95. The summed E-state index contributed by atoms with van der Waals surface area (Å²) in [6.07, 6.45) is 4.63. The molecule has 0 bridgehead atoms. The summed E-state index contributed by atoms with van der Waals surface area (Å²) in [6, 6.07) is 7.24. The lowest BCUT2D eigenvalue weighted by atomic mass is 10.2. The number of halogens is 1. The van der Waals surface area contributed by atoms with Crippen molar-refractivity contribution in [1.29, 1.82) is 0 Å². The van der Waals surface area contributed by atoms with E-state index in [0.29, 0.717) is 23.8 Å². The van der Waals surface area contributed by atoms with Gasteiger partial charge in [0.25, 0.3) is 0 Å². The molecule has 1 rings (SSSR count). The first-order valence-corrected chi connectivity index (χ1v) is 7.46. The summed E-state index contributed by atoms with van der Waals surface area (Å²) in [6.45, 7) is 1.80. The van der Waals surface area contributed by atoms with Crippen molar-refractivity contribution in [2.75, 3.05) is 19.7 Å². The molecule has 0 heterocycles. The maximum atomic E-state index is 11.6. The van der Waals surface area contributed by atoms with E-state index in [1.165, 1.54) is 0 Å². The second kappa shape index (κ2) is 10.5. The highest BCUT2D eigenvalue weighted by atomic mass is 35.5. The predicted octanol–water partition coefficient (Wildman–Crippen LogP) is 2.74. The average molecular weight is 299 g/mol. The van der Waals surface area contributed by atoms with Gasteiger partial charge in [-0.2, -0.15) is 0 Å². The van der Waals surface area contributed by atoms with Crippen LogP contribution < -0.4 is 15.8 Å². The molecule has 0 fully saturated rings. The zero-order valence-electron chi connectivity index (χ0n) is 11.7. The summed E-state index contributed by atoms with van der Waals surface area (Å²) in [5, 5.41) is 3.44. The maximum Gasteiger partial charge on any atom is 0.223 e. The molecule has 0 aliphatic heterocycles. The number of rotatable bonds is 10. The third kappa shape index (κ3) is 7.36. The van der Waals surface area contributed by atoms with Crippen molar-refractivity contribution in [2.24, 2.45) is 5.73 Å². The minimum Gasteiger partial charge on any atom is -0.491 e. The molecule has 0 unspecified atom stereocenters. The number of nitrogens with two attached hydrogens (primary N) is 1. The normalized spacial score (nSPS) is 10.3. The molecule has 0 saturated carbocycles. The minimum absolute atomic E-state index is 0.0101. The van der Waals surface area contributed by atoms with Gasteiger partial charge in [0, 0.05) is 6.54 Å². The van der Waals surface area contributed by atoms with E-state index in [2.05, 4.69) is 5.32 Å². The van der Waals surface area contributed by atoms with Crippen molar-refractivity contribution < 1.29 is 9.53 Å². The predicted molar refractivity (Wildman–Crippen MR) is 82.1 cm³/mol. The molecule has 0 aliphatic rings. The van der Waals surface area contributed by atoms with Crippen molar-refractivity contribution in [2.45, 2.75) is 32.1 Å². The van der Waals surface area contributed by atoms with Gasteiger partial charge in [0.2, 0.25) is 5.91 Å². The van der Waals surface area contributed by atoms with E-state index in [4.69, 9.17) is 22.1 Å². The molecule has 3 N–H and O–H groups in total. The van der Waals surface area contributed by atoms with Gasteiger partial charge in [-0.15, -0.1) is 0 Å². The molecule has 0 aromatic heterocycles. The largest absolute Gasteiger partial charge is 0.491 e. The molecule has 0 spiro atoms. The topological polar surface area (TPSA) is 64.3 Å². The number of ether oxygens (including phenoxy) is 1. The van der Waals surface area contributed by atoms with Crippen LogP contribution in [0.4, 0.5) is 0 Å². The van der Waals surface area contributed by atoms with Crippen LogP contribution in [0.3, 0.4) is 0 Å². The number of amides is 1. The molecule has 0 radical (unpaired) electrons. The van der Waals surface area contributed by atoms with Gasteiger partial charge in [-0.3, -0.25) is 4.79 Å². The van der Waals surface area contributed by atoms with Crippen molar-refractivity contribution in [1.82, 2.24) is 5.32 Å². The van der Waals surface area contributed by atoms with Crippen molar-refractivity contribution in [3.8, 4) is 5.75 Å². The van der Waals surface area contributed by atoms with Gasteiger partial charge in [-0.05, 0) is 31.5 Å². The molecule has 5 heteroatoms. The van der Waals surface area contributed by atoms with E-state index >= 15 is 0 Å². The van der Waals surface area contributed by atoms with Crippen LogP contribution >= 0.6 is 11.6 Å². The molecule has 0 saturated heterocycles. The first kappa shape index (κ1) is 16.8. The zero-order chi connectivity index (χ0) is 14.6. The van der Waals surface area contributed by atoms with E-state index in [1.807, 2.05) is 12.1 Å². The van der Waals surface area contributed by atoms with Gasteiger partial charge in [-0.25, -0.2) is 0 Å². The smallest absolute Gasteiger partial charge is 0.223 e. The Morgan fingerprint density at radius 1 is 1.20 bits per heavy atom. The highest BCUT2D eigenvalue weighted by Crippen LogP contribution is 2.22. The Kier molecular flexibility index (Phi) is 8.83. The lowest BCUT2D eigenvalue weighted by Gasteiger charge is -2.08. The fourth-order valence-corrected chi connectivity index (χ4v) is 1.94. The number of unbranched alkanes of at least 4 members (excludes halogenated alkanes) is 3. The first-order chi connectivity index (χ1) is 9.74. The van der Waals surface area contributed by atoms with Crippen molar-refractivity contribution in [3.05, 3.63) is 29.3 Å². The van der Waals surface area contributed by atoms with Crippen LogP contribution in [0.15, 0.2) is 24.3 Å². The van der Waals surface area contributed by atoms with Gasteiger partial charge in [-0.1, -0.05) is 36.6 Å². The lowest BCUT2D eigenvalue weighted by molar-refractivity contribution is -0.121. The highest BCUT2D eigenvalue weighted by molar-refractivity contribution is 6.32. The fourth-order valence-electron chi connectivity index (χ4n) is 1.75. The number of carbonyl (C=O) groups excluding carboxylic acids is 1. The van der Waals surface area contributed by atoms with Crippen molar-refractivity contribution in [3.63, 3.8) is 0 Å². The number of hydrogen-bond donors (Lipinski definition) is 2. The molecule has 112 valence electrons. The molecule has 0 atom stereocenters. The molecule has 0 aliphatic carbocycles. The van der Waals surface area contributed by atoms with Gasteiger partial charge in [0.05, 0.1) is 18.1 Å². The van der Waals surface area contributed by atoms with E-state index in [1.54, 1.807) is 12.1 Å². The number of hydrogen-bond acceptors (Lipinski definition) is 3. The first-order valence-electron chi connectivity index (χ1n) is 7.08. The van der Waals surface area contributed by atoms with Crippen molar-refractivity contribution >= 4 is 17.5 Å². The number of benzene rings is 1. The Hall–Kier alpha value is -1.26. The van der Waals surface area contributed by atoms with Gasteiger partial charge in [0.15, 0.2) is 0 Å². The monoisotopic (exact) mass is 298 g/mol.